The van der Waals surface area contributed by atoms with Gasteiger partial charge in [0, 0.05) is 17.5 Å². The second-order valence-electron chi connectivity index (χ2n) is 3.87. The van der Waals surface area contributed by atoms with Gasteiger partial charge in [0.2, 0.25) is 15.8 Å². The quantitative estimate of drug-likeness (QED) is 0.875. The lowest BCUT2D eigenvalue weighted by molar-refractivity contribution is 0.0661. The minimum absolute atomic E-state index is 0.0270. The molecule has 2 aromatic rings. The number of aromatic carboxylic acids is 1. The molecule has 6 nitrogen and oxygen atoms in total. The zero-order chi connectivity index (χ0) is 14.9. The summed E-state index contributed by atoms with van der Waals surface area (Å²) in [6.45, 7) is 1.47. The summed E-state index contributed by atoms with van der Waals surface area (Å²) in [6.07, 6.45) is 0. The highest BCUT2D eigenvalue weighted by Gasteiger charge is 2.23. The van der Waals surface area contributed by atoms with Crippen LogP contribution in [-0.4, -0.2) is 19.5 Å². The lowest BCUT2D eigenvalue weighted by Gasteiger charge is -2.03. The molecule has 0 aliphatic carbocycles. The Balaban J connectivity index is 2.20. The van der Waals surface area contributed by atoms with Gasteiger partial charge in [0.1, 0.15) is 10.7 Å². The number of thiophene rings is 1. The lowest BCUT2D eigenvalue weighted by atomic mass is 10.4. The minimum atomic E-state index is -3.84. The van der Waals surface area contributed by atoms with Crippen molar-refractivity contribution in [3.05, 3.63) is 38.9 Å². The third-order valence-corrected chi connectivity index (χ3v) is 5.18. The molecule has 2 N–H and O–H groups in total. The fraction of sp³-hybridized carbons (Fsp3) is 0.182. The Bertz CT molecular complexity index is 747. The van der Waals surface area contributed by atoms with Crippen molar-refractivity contribution in [1.29, 1.82) is 0 Å². The molecule has 0 unspecified atom stereocenters. The monoisotopic (exact) mass is 335 g/mol. The Kier molecular flexibility index (Phi) is 4.19. The number of hydrogen-bond acceptors (Lipinski definition) is 5. The van der Waals surface area contributed by atoms with Gasteiger partial charge < -0.3 is 9.52 Å². The van der Waals surface area contributed by atoms with Crippen LogP contribution >= 0.6 is 22.9 Å². The van der Waals surface area contributed by atoms with Gasteiger partial charge in [-0.25, -0.2) is 17.9 Å². The van der Waals surface area contributed by atoms with Gasteiger partial charge in [-0.1, -0.05) is 11.6 Å². The zero-order valence-electron chi connectivity index (χ0n) is 10.2. The van der Waals surface area contributed by atoms with Crippen molar-refractivity contribution in [3.8, 4) is 0 Å². The average molecular weight is 336 g/mol. The van der Waals surface area contributed by atoms with Crippen molar-refractivity contribution in [3.63, 3.8) is 0 Å². The fourth-order valence-corrected chi connectivity index (χ4v) is 3.83. The molecule has 9 heteroatoms. The molecule has 0 saturated carbocycles. The molecule has 0 saturated heterocycles. The van der Waals surface area contributed by atoms with Gasteiger partial charge in [0.05, 0.1) is 4.34 Å². The highest BCUT2D eigenvalue weighted by Crippen LogP contribution is 2.23. The van der Waals surface area contributed by atoms with Crippen LogP contribution in [0.15, 0.2) is 27.5 Å². The number of hydrogen-bond donors (Lipinski definition) is 2. The number of carbonyl (C=O) groups is 1. The summed E-state index contributed by atoms with van der Waals surface area (Å²) < 4.78 is 32.0. The molecular weight excluding hydrogens is 326 g/mol. The molecule has 0 spiro atoms. The van der Waals surface area contributed by atoms with E-state index in [0.717, 1.165) is 10.9 Å². The van der Waals surface area contributed by atoms with Gasteiger partial charge in [0.25, 0.3) is 0 Å². The summed E-state index contributed by atoms with van der Waals surface area (Å²) >= 11 is 7.01. The first-order valence-electron chi connectivity index (χ1n) is 5.37. The van der Waals surface area contributed by atoms with Gasteiger partial charge >= 0.3 is 5.97 Å². The molecule has 108 valence electrons. The fourth-order valence-electron chi connectivity index (χ4n) is 1.53. The number of sulfonamides is 1. The van der Waals surface area contributed by atoms with Gasteiger partial charge in [-0.3, -0.25) is 0 Å². The Labute approximate surface area is 124 Å². The van der Waals surface area contributed by atoms with Crippen molar-refractivity contribution in [1.82, 2.24) is 4.72 Å². The summed E-state index contributed by atoms with van der Waals surface area (Å²) in [6, 6.07) is 4.36. The van der Waals surface area contributed by atoms with E-state index in [-0.39, 0.29) is 17.2 Å². The number of furan rings is 1. The van der Waals surface area contributed by atoms with Gasteiger partial charge in [0.15, 0.2) is 0 Å². The number of carboxylic acids is 1. The maximum absolute atomic E-state index is 12.1. The van der Waals surface area contributed by atoms with Gasteiger partial charge in [-0.2, -0.15) is 0 Å². The van der Waals surface area contributed by atoms with E-state index >= 15 is 0 Å². The Morgan fingerprint density at radius 3 is 2.70 bits per heavy atom. The molecule has 0 amide bonds. The molecule has 0 atom stereocenters. The van der Waals surface area contributed by atoms with Crippen molar-refractivity contribution >= 4 is 38.9 Å². The Hall–Kier alpha value is -1.35. The number of halogens is 1. The molecule has 0 radical (unpaired) electrons. The van der Waals surface area contributed by atoms with E-state index in [0.29, 0.717) is 4.34 Å². The first-order chi connectivity index (χ1) is 9.29. The number of carboxylic acid groups (broad SMARTS) is 1. The Morgan fingerprint density at radius 1 is 1.50 bits per heavy atom. The van der Waals surface area contributed by atoms with E-state index in [9.17, 15) is 13.2 Å². The van der Waals surface area contributed by atoms with Crippen molar-refractivity contribution < 1.29 is 22.7 Å². The molecule has 0 aliphatic rings. The Morgan fingerprint density at radius 2 is 2.20 bits per heavy atom. The molecule has 2 heterocycles. The summed E-state index contributed by atoms with van der Waals surface area (Å²) in [5.41, 5.74) is 0. The normalized spacial score (nSPS) is 11.7. The number of rotatable bonds is 5. The van der Waals surface area contributed by atoms with Crippen LogP contribution in [-0.2, 0) is 16.6 Å². The highest BCUT2D eigenvalue weighted by atomic mass is 35.5. The van der Waals surface area contributed by atoms with Crippen LogP contribution in [0.25, 0.3) is 0 Å². The van der Waals surface area contributed by atoms with Crippen LogP contribution in [0.3, 0.4) is 0 Å². The molecule has 0 bridgehead atoms. The van der Waals surface area contributed by atoms with E-state index in [4.69, 9.17) is 21.1 Å². The van der Waals surface area contributed by atoms with E-state index < -0.39 is 21.8 Å². The van der Waals surface area contributed by atoms with E-state index in [1.165, 1.54) is 18.3 Å². The summed E-state index contributed by atoms with van der Waals surface area (Å²) in [5, 5.41) is 8.78. The SMILES string of the molecule is Cc1oc(C(=O)O)cc1S(=O)(=O)NCc1ccc(Cl)s1. The van der Waals surface area contributed by atoms with Gasteiger partial charge in [-0.05, 0) is 19.1 Å². The molecule has 2 rings (SSSR count). The zero-order valence-corrected chi connectivity index (χ0v) is 12.6. The first-order valence-corrected chi connectivity index (χ1v) is 8.05. The third-order valence-electron chi connectivity index (χ3n) is 2.44. The lowest BCUT2D eigenvalue weighted by Crippen LogP contribution is -2.23. The summed E-state index contributed by atoms with van der Waals surface area (Å²) in [4.78, 5) is 11.3. The molecule has 2 aromatic heterocycles. The smallest absolute Gasteiger partial charge is 0.371 e. The van der Waals surface area contributed by atoms with Crippen molar-refractivity contribution in [2.24, 2.45) is 0 Å². The average Bonchev–Trinajstić information content (AvgIpc) is 2.93. The standard InChI is InChI=1S/C11H10ClNO5S2/c1-6-9(4-8(18-6)11(14)15)20(16,17)13-5-7-2-3-10(12)19-7/h2-4,13H,5H2,1H3,(H,14,15). The van der Waals surface area contributed by atoms with E-state index in [2.05, 4.69) is 4.72 Å². The first kappa shape index (κ1) is 15.0. The molecule has 0 aromatic carbocycles. The summed E-state index contributed by atoms with van der Waals surface area (Å²) in [7, 11) is -3.84. The van der Waals surface area contributed by atoms with Gasteiger partial charge in [-0.15, -0.1) is 11.3 Å². The maximum Gasteiger partial charge on any atom is 0.371 e. The summed E-state index contributed by atoms with van der Waals surface area (Å²) in [5.74, 6) is -1.71. The molecular formula is C11H10ClNO5S2. The second kappa shape index (κ2) is 5.57. The number of nitrogens with one attached hydrogen (secondary N) is 1. The molecule has 0 aliphatic heterocycles. The topological polar surface area (TPSA) is 96.6 Å². The van der Waals surface area contributed by atoms with Crippen LogP contribution in [0.2, 0.25) is 4.34 Å². The van der Waals surface area contributed by atoms with Crippen molar-refractivity contribution in [2.75, 3.05) is 0 Å². The maximum atomic E-state index is 12.1. The minimum Gasteiger partial charge on any atom is -0.475 e. The second-order valence-corrected chi connectivity index (χ2v) is 7.40. The number of aryl methyl sites for hydroxylation is 1. The predicted octanol–water partition coefficient (Wildman–Crippen LogP) is 2.48. The molecule has 0 fully saturated rings. The predicted molar refractivity (Wildman–Crippen MR) is 73.8 cm³/mol. The van der Waals surface area contributed by atoms with Crippen LogP contribution in [0, 0.1) is 6.92 Å². The molecule has 20 heavy (non-hydrogen) atoms. The highest BCUT2D eigenvalue weighted by molar-refractivity contribution is 7.89. The van der Waals surface area contributed by atoms with Crippen LogP contribution in [0.5, 0.6) is 0 Å². The van der Waals surface area contributed by atoms with Crippen LogP contribution < -0.4 is 4.72 Å². The van der Waals surface area contributed by atoms with Crippen molar-refractivity contribution in [2.45, 2.75) is 18.4 Å². The third kappa shape index (κ3) is 3.21. The van der Waals surface area contributed by atoms with Crippen LogP contribution in [0.1, 0.15) is 21.2 Å². The largest absolute Gasteiger partial charge is 0.475 e. The van der Waals surface area contributed by atoms with E-state index in [1.54, 1.807) is 12.1 Å². The van der Waals surface area contributed by atoms with E-state index in [1.807, 2.05) is 0 Å². The van der Waals surface area contributed by atoms with Crippen LogP contribution in [0.4, 0.5) is 0 Å².